The predicted molar refractivity (Wildman–Crippen MR) is 102 cm³/mol. The summed E-state index contributed by atoms with van der Waals surface area (Å²) in [4.78, 5) is 28.4. The summed E-state index contributed by atoms with van der Waals surface area (Å²) in [6, 6.07) is 16.9. The lowest BCUT2D eigenvalue weighted by atomic mass is 10.0. The fourth-order valence-electron chi connectivity index (χ4n) is 2.51. The van der Waals surface area contributed by atoms with Gasteiger partial charge in [-0.25, -0.2) is 9.78 Å². The van der Waals surface area contributed by atoms with Gasteiger partial charge in [0.15, 0.2) is 12.4 Å². The van der Waals surface area contributed by atoms with Crippen LogP contribution in [0.25, 0.3) is 17.0 Å². The van der Waals surface area contributed by atoms with Crippen molar-refractivity contribution in [2.75, 3.05) is 6.61 Å². The molecule has 130 valence electrons. The third-order valence-corrected chi connectivity index (χ3v) is 4.18. The number of para-hydroxylation sites is 1. The van der Waals surface area contributed by atoms with E-state index in [0.717, 1.165) is 22.0 Å². The van der Waals surface area contributed by atoms with Crippen LogP contribution in [-0.2, 0) is 9.53 Å². The van der Waals surface area contributed by atoms with Gasteiger partial charge in [-0.05, 0) is 49.2 Å². The van der Waals surface area contributed by atoms with E-state index in [9.17, 15) is 9.59 Å². The van der Waals surface area contributed by atoms with Crippen LogP contribution in [0.3, 0.4) is 0 Å². The first-order valence-corrected chi connectivity index (χ1v) is 8.34. The number of aryl methyl sites for hydroxylation is 2. The Hall–Kier alpha value is -3.27. The van der Waals surface area contributed by atoms with Crippen molar-refractivity contribution >= 4 is 28.7 Å². The quantitative estimate of drug-likeness (QED) is 0.393. The molecule has 0 aliphatic carbocycles. The molecule has 4 heteroatoms. The van der Waals surface area contributed by atoms with Crippen LogP contribution in [0.2, 0.25) is 0 Å². The topological polar surface area (TPSA) is 56.3 Å². The molecule has 0 saturated heterocycles. The van der Waals surface area contributed by atoms with Crippen LogP contribution in [0.15, 0.2) is 60.7 Å². The second kappa shape index (κ2) is 7.74. The fraction of sp³-hybridized carbons (Fsp3) is 0.136. The summed E-state index contributed by atoms with van der Waals surface area (Å²) < 4.78 is 5.03. The van der Waals surface area contributed by atoms with E-state index in [-0.39, 0.29) is 12.4 Å². The molecule has 0 N–H and O–H groups in total. The van der Waals surface area contributed by atoms with Crippen LogP contribution in [0, 0.1) is 13.8 Å². The Kier molecular flexibility index (Phi) is 5.23. The van der Waals surface area contributed by atoms with E-state index in [1.165, 1.54) is 6.08 Å². The summed E-state index contributed by atoms with van der Waals surface area (Å²) in [5.74, 6) is -0.796. The molecule has 0 unspecified atom stereocenters. The Morgan fingerprint density at radius 2 is 1.81 bits per heavy atom. The van der Waals surface area contributed by atoms with E-state index >= 15 is 0 Å². The zero-order valence-electron chi connectivity index (χ0n) is 14.7. The van der Waals surface area contributed by atoms with E-state index in [0.29, 0.717) is 11.3 Å². The van der Waals surface area contributed by atoms with Crippen molar-refractivity contribution in [3.63, 3.8) is 0 Å². The zero-order chi connectivity index (χ0) is 18.5. The third kappa shape index (κ3) is 4.22. The normalized spacial score (nSPS) is 11.0. The van der Waals surface area contributed by atoms with Crippen molar-refractivity contribution in [2.24, 2.45) is 0 Å². The van der Waals surface area contributed by atoms with Gasteiger partial charge in [0, 0.05) is 17.0 Å². The highest BCUT2D eigenvalue weighted by Crippen LogP contribution is 2.13. The van der Waals surface area contributed by atoms with E-state index in [1.54, 1.807) is 18.2 Å². The second-order valence-corrected chi connectivity index (χ2v) is 6.09. The molecule has 2 aromatic carbocycles. The molecule has 26 heavy (non-hydrogen) atoms. The molecular weight excluding hydrogens is 326 g/mol. The number of esters is 1. The predicted octanol–water partition coefficient (Wildman–Crippen LogP) is 4.29. The monoisotopic (exact) mass is 345 g/mol. The van der Waals surface area contributed by atoms with Gasteiger partial charge in [-0.15, -0.1) is 0 Å². The lowest BCUT2D eigenvalue weighted by Crippen LogP contribution is -2.12. The van der Waals surface area contributed by atoms with E-state index in [2.05, 4.69) is 4.98 Å². The Balaban J connectivity index is 1.59. The van der Waals surface area contributed by atoms with Crippen LogP contribution in [0.5, 0.6) is 0 Å². The number of benzene rings is 2. The van der Waals surface area contributed by atoms with Gasteiger partial charge in [-0.3, -0.25) is 4.79 Å². The Labute approximate surface area is 152 Å². The van der Waals surface area contributed by atoms with Crippen molar-refractivity contribution in [1.82, 2.24) is 4.98 Å². The molecule has 0 fully saturated rings. The summed E-state index contributed by atoms with van der Waals surface area (Å²) in [5.41, 5.74) is 4.20. The first kappa shape index (κ1) is 17.5. The van der Waals surface area contributed by atoms with E-state index in [4.69, 9.17) is 4.74 Å². The van der Waals surface area contributed by atoms with Crippen molar-refractivity contribution in [1.29, 1.82) is 0 Å². The van der Waals surface area contributed by atoms with Gasteiger partial charge in [-0.1, -0.05) is 36.4 Å². The smallest absolute Gasteiger partial charge is 0.331 e. The molecule has 0 radical (unpaired) electrons. The minimum absolute atomic E-state index is 0.223. The molecule has 0 bridgehead atoms. The number of hydrogen-bond donors (Lipinski definition) is 0. The molecule has 0 spiro atoms. The number of Topliss-reactive ketones (excluding diaryl/α,β-unsaturated/α-hetero) is 1. The molecule has 0 aliphatic rings. The summed E-state index contributed by atoms with van der Waals surface area (Å²) in [7, 11) is 0. The molecule has 0 saturated carbocycles. The Bertz CT molecular complexity index is 1010. The van der Waals surface area contributed by atoms with Gasteiger partial charge in [0.2, 0.25) is 0 Å². The summed E-state index contributed by atoms with van der Waals surface area (Å²) in [6.07, 6.45) is 2.86. The number of carbonyl (C=O) groups is 2. The Morgan fingerprint density at radius 1 is 1.00 bits per heavy atom. The van der Waals surface area contributed by atoms with Gasteiger partial charge in [0.05, 0.1) is 11.2 Å². The maximum absolute atomic E-state index is 12.1. The number of nitrogens with zero attached hydrogens (tertiary/aromatic N) is 1. The number of fused-ring (bicyclic) bond motifs is 1. The van der Waals surface area contributed by atoms with Gasteiger partial charge in [-0.2, -0.15) is 0 Å². The van der Waals surface area contributed by atoms with Crippen LogP contribution >= 0.6 is 0 Å². The number of pyridine rings is 1. The first-order chi connectivity index (χ1) is 12.5. The average molecular weight is 345 g/mol. The standard InChI is InChI=1S/C22H19NO3/c1-15-7-8-18(13-16(15)2)21(24)14-26-22(25)12-11-19-10-9-17-5-3-4-6-20(17)23-19/h3-13H,14H2,1-2H3/b12-11+. The fourth-order valence-corrected chi connectivity index (χ4v) is 2.51. The average Bonchev–Trinajstić information content (AvgIpc) is 2.66. The van der Waals surface area contributed by atoms with Crippen LogP contribution in [0.4, 0.5) is 0 Å². The first-order valence-electron chi connectivity index (χ1n) is 8.34. The van der Waals surface area contributed by atoms with Crippen molar-refractivity contribution < 1.29 is 14.3 Å². The highest BCUT2D eigenvalue weighted by atomic mass is 16.5. The highest BCUT2D eigenvalue weighted by Gasteiger charge is 2.09. The number of ketones is 1. The molecule has 3 rings (SSSR count). The largest absolute Gasteiger partial charge is 0.454 e. The number of hydrogen-bond acceptors (Lipinski definition) is 4. The molecular formula is C22H19NO3. The minimum atomic E-state index is -0.572. The molecule has 1 heterocycles. The third-order valence-electron chi connectivity index (χ3n) is 4.18. The van der Waals surface area contributed by atoms with Crippen molar-refractivity contribution in [3.8, 4) is 0 Å². The summed E-state index contributed by atoms with van der Waals surface area (Å²) in [6.45, 7) is 3.64. The molecule has 0 aliphatic heterocycles. The van der Waals surface area contributed by atoms with Gasteiger partial charge >= 0.3 is 5.97 Å². The number of rotatable bonds is 5. The molecule has 3 aromatic rings. The van der Waals surface area contributed by atoms with Crippen molar-refractivity contribution in [2.45, 2.75) is 13.8 Å². The van der Waals surface area contributed by atoms with Gasteiger partial charge in [0.25, 0.3) is 0 Å². The number of carbonyl (C=O) groups excluding carboxylic acids is 2. The van der Waals surface area contributed by atoms with Gasteiger partial charge in [0.1, 0.15) is 0 Å². The maximum atomic E-state index is 12.1. The SMILES string of the molecule is Cc1ccc(C(=O)COC(=O)/C=C/c2ccc3ccccc3n2)cc1C. The Morgan fingerprint density at radius 3 is 2.62 bits per heavy atom. The number of ether oxygens (including phenoxy) is 1. The molecule has 0 atom stereocenters. The second-order valence-electron chi connectivity index (χ2n) is 6.09. The van der Waals surface area contributed by atoms with Crippen molar-refractivity contribution in [3.05, 3.63) is 83.1 Å². The zero-order valence-corrected chi connectivity index (χ0v) is 14.7. The van der Waals surface area contributed by atoms with Crippen LogP contribution in [-0.4, -0.2) is 23.3 Å². The molecule has 0 amide bonds. The van der Waals surface area contributed by atoms with E-state index < -0.39 is 5.97 Å². The van der Waals surface area contributed by atoms with Crippen LogP contribution in [0.1, 0.15) is 27.2 Å². The summed E-state index contributed by atoms with van der Waals surface area (Å²) in [5, 5.41) is 1.03. The van der Waals surface area contributed by atoms with Crippen LogP contribution < -0.4 is 0 Å². The lowest BCUT2D eigenvalue weighted by Gasteiger charge is -2.05. The summed E-state index contributed by atoms with van der Waals surface area (Å²) >= 11 is 0. The molecule has 4 nitrogen and oxygen atoms in total. The number of aromatic nitrogens is 1. The highest BCUT2D eigenvalue weighted by molar-refractivity contribution is 5.99. The minimum Gasteiger partial charge on any atom is -0.454 e. The van der Waals surface area contributed by atoms with Gasteiger partial charge < -0.3 is 4.74 Å². The molecule has 1 aromatic heterocycles. The lowest BCUT2D eigenvalue weighted by molar-refractivity contribution is -0.136. The maximum Gasteiger partial charge on any atom is 0.331 e. The van der Waals surface area contributed by atoms with E-state index in [1.807, 2.05) is 56.3 Å².